The molecule has 1 aromatic carbocycles. The minimum Gasteiger partial charge on any atom is -0.399 e. The second kappa shape index (κ2) is 6.28. The molecule has 0 radical (unpaired) electrons. The molecule has 0 atom stereocenters. The van der Waals surface area contributed by atoms with Crippen LogP contribution in [0.4, 0.5) is 5.69 Å². The van der Waals surface area contributed by atoms with Gasteiger partial charge in [-0.15, -0.1) is 12.3 Å². The average molecular weight is 252 g/mol. The van der Waals surface area contributed by atoms with Crippen LogP contribution < -0.4 is 10.5 Å². The summed E-state index contributed by atoms with van der Waals surface area (Å²) < 4.78 is 26.1. The quantitative estimate of drug-likeness (QED) is 0.456. The van der Waals surface area contributed by atoms with E-state index in [0.717, 1.165) is 12.8 Å². The predicted molar refractivity (Wildman–Crippen MR) is 68.7 cm³/mol. The van der Waals surface area contributed by atoms with Crippen molar-refractivity contribution in [1.82, 2.24) is 4.72 Å². The topological polar surface area (TPSA) is 72.2 Å². The van der Waals surface area contributed by atoms with Crippen LogP contribution in [-0.4, -0.2) is 15.0 Å². The van der Waals surface area contributed by atoms with Crippen LogP contribution in [-0.2, 0) is 10.0 Å². The van der Waals surface area contributed by atoms with Gasteiger partial charge in [0, 0.05) is 18.7 Å². The summed E-state index contributed by atoms with van der Waals surface area (Å²) in [5.41, 5.74) is 6.03. The van der Waals surface area contributed by atoms with E-state index in [1.807, 2.05) is 0 Å². The Kier molecular flexibility index (Phi) is 5.01. The Labute approximate surface area is 102 Å². The Morgan fingerprint density at radius 2 is 1.88 bits per heavy atom. The molecule has 3 N–H and O–H groups in total. The lowest BCUT2D eigenvalue weighted by Gasteiger charge is -2.06. The van der Waals surface area contributed by atoms with Gasteiger partial charge in [-0.05, 0) is 37.1 Å². The number of benzene rings is 1. The van der Waals surface area contributed by atoms with E-state index in [4.69, 9.17) is 12.2 Å². The SMILES string of the molecule is C#CCCCCNS(=O)(=O)c1ccc(N)cc1. The number of nitrogens with two attached hydrogens (primary N) is 1. The van der Waals surface area contributed by atoms with Crippen LogP contribution in [0.1, 0.15) is 19.3 Å². The highest BCUT2D eigenvalue weighted by molar-refractivity contribution is 7.89. The zero-order valence-electron chi connectivity index (χ0n) is 9.52. The Morgan fingerprint density at radius 1 is 1.24 bits per heavy atom. The predicted octanol–water partition coefficient (Wildman–Crippen LogP) is 1.35. The van der Waals surface area contributed by atoms with Crippen molar-refractivity contribution >= 4 is 15.7 Å². The summed E-state index contributed by atoms with van der Waals surface area (Å²) in [4.78, 5) is 0.226. The highest BCUT2D eigenvalue weighted by atomic mass is 32.2. The lowest BCUT2D eigenvalue weighted by atomic mass is 10.2. The van der Waals surface area contributed by atoms with Crippen molar-refractivity contribution in [3.8, 4) is 12.3 Å². The summed E-state index contributed by atoms with van der Waals surface area (Å²) in [5.74, 6) is 2.51. The van der Waals surface area contributed by atoms with E-state index in [0.29, 0.717) is 18.7 Å². The zero-order valence-corrected chi connectivity index (χ0v) is 10.3. The molecular formula is C12H16N2O2S. The lowest BCUT2D eigenvalue weighted by molar-refractivity contribution is 0.577. The van der Waals surface area contributed by atoms with Crippen LogP contribution >= 0.6 is 0 Å². The van der Waals surface area contributed by atoms with Crippen molar-refractivity contribution in [1.29, 1.82) is 0 Å². The smallest absolute Gasteiger partial charge is 0.240 e. The average Bonchev–Trinajstić information content (AvgIpc) is 2.29. The van der Waals surface area contributed by atoms with E-state index < -0.39 is 10.0 Å². The molecule has 0 aliphatic rings. The van der Waals surface area contributed by atoms with E-state index in [1.54, 1.807) is 12.1 Å². The molecule has 0 aromatic heterocycles. The number of anilines is 1. The summed E-state index contributed by atoms with van der Waals surface area (Å²) >= 11 is 0. The lowest BCUT2D eigenvalue weighted by Crippen LogP contribution is -2.24. The monoisotopic (exact) mass is 252 g/mol. The molecule has 0 aliphatic heterocycles. The van der Waals surface area contributed by atoms with Gasteiger partial charge in [0.1, 0.15) is 0 Å². The van der Waals surface area contributed by atoms with Gasteiger partial charge < -0.3 is 5.73 Å². The fourth-order valence-corrected chi connectivity index (χ4v) is 2.36. The van der Waals surface area contributed by atoms with Crippen LogP contribution in [0.5, 0.6) is 0 Å². The van der Waals surface area contributed by atoms with Crippen LogP contribution in [0.25, 0.3) is 0 Å². The van der Waals surface area contributed by atoms with Crippen LogP contribution in [0, 0.1) is 12.3 Å². The van der Waals surface area contributed by atoms with E-state index in [9.17, 15) is 8.42 Å². The van der Waals surface area contributed by atoms with E-state index in [2.05, 4.69) is 10.6 Å². The van der Waals surface area contributed by atoms with Gasteiger partial charge in [0.2, 0.25) is 10.0 Å². The fraction of sp³-hybridized carbons (Fsp3) is 0.333. The minimum absolute atomic E-state index is 0.226. The molecule has 0 aliphatic carbocycles. The standard InChI is InChI=1S/C12H16N2O2S/c1-2-3-4-5-10-14-17(15,16)12-8-6-11(13)7-9-12/h1,6-9,14H,3-5,10,13H2. The maximum Gasteiger partial charge on any atom is 0.240 e. The van der Waals surface area contributed by atoms with Gasteiger partial charge in [0.15, 0.2) is 0 Å². The highest BCUT2D eigenvalue weighted by Crippen LogP contribution is 2.11. The first-order valence-corrected chi connectivity index (χ1v) is 6.83. The zero-order chi connectivity index (χ0) is 12.7. The molecule has 5 heteroatoms. The Bertz CT molecular complexity index is 486. The van der Waals surface area contributed by atoms with Gasteiger partial charge in [0.05, 0.1) is 4.90 Å². The molecule has 0 amide bonds. The Balaban J connectivity index is 2.52. The van der Waals surface area contributed by atoms with Crippen LogP contribution in [0.2, 0.25) is 0 Å². The summed E-state index contributed by atoms with van der Waals surface area (Å²) in [6.07, 6.45) is 7.33. The van der Waals surface area contributed by atoms with Crippen molar-refractivity contribution in [2.45, 2.75) is 24.2 Å². The molecule has 0 bridgehead atoms. The van der Waals surface area contributed by atoms with Crippen molar-refractivity contribution in [2.75, 3.05) is 12.3 Å². The molecule has 1 rings (SSSR count). The third-order valence-corrected chi connectivity index (χ3v) is 3.71. The second-order valence-electron chi connectivity index (χ2n) is 3.63. The third kappa shape index (κ3) is 4.47. The highest BCUT2D eigenvalue weighted by Gasteiger charge is 2.12. The number of sulfonamides is 1. The summed E-state index contributed by atoms with van der Waals surface area (Å²) in [7, 11) is -3.42. The first kappa shape index (κ1) is 13.6. The molecule has 0 saturated carbocycles. The molecule has 4 nitrogen and oxygen atoms in total. The normalized spacial score (nSPS) is 11.0. The Morgan fingerprint density at radius 3 is 2.47 bits per heavy atom. The van der Waals surface area contributed by atoms with Gasteiger partial charge in [-0.3, -0.25) is 0 Å². The van der Waals surface area contributed by atoms with Gasteiger partial charge in [0.25, 0.3) is 0 Å². The number of nitrogen functional groups attached to an aromatic ring is 1. The maximum absolute atomic E-state index is 11.8. The Hall–Kier alpha value is -1.51. The molecular weight excluding hydrogens is 236 g/mol. The van der Waals surface area contributed by atoms with Gasteiger partial charge in [-0.1, -0.05) is 0 Å². The summed E-state index contributed by atoms with van der Waals surface area (Å²) in [6.45, 7) is 0.397. The summed E-state index contributed by atoms with van der Waals surface area (Å²) in [5, 5.41) is 0. The maximum atomic E-state index is 11.8. The molecule has 92 valence electrons. The molecule has 1 aromatic rings. The number of hydrogen-bond acceptors (Lipinski definition) is 3. The van der Waals surface area contributed by atoms with Gasteiger partial charge in [-0.25, -0.2) is 13.1 Å². The molecule has 0 spiro atoms. The minimum atomic E-state index is -3.42. The van der Waals surface area contributed by atoms with E-state index >= 15 is 0 Å². The number of unbranched alkanes of at least 4 members (excludes halogenated alkanes) is 2. The fourth-order valence-electron chi connectivity index (χ4n) is 1.29. The largest absolute Gasteiger partial charge is 0.399 e. The van der Waals surface area contributed by atoms with E-state index in [-0.39, 0.29) is 4.90 Å². The van der Waals surface area contributed by atoms with E-state index in [1.165, 1.54) is 12.1 Å². The molecule has 0 saturated heterocycles. The first-order valence-electron chi connectivity index (χ1n) is 5.35. The number of rotatable bonds is 6. The molecule has 0 fully saturated rings. The molecule has 0 heterocycles. The summed E-state index contributed by atoms with van der Waals surface area (Å²) in [6, 6.07) is 6.10. The third-order valence-electron chi connectivity index (χ3n) is 2.23. The second-order valence-corrected chi connectivity index (χ2v) is 5.39. The van der Waals surface area contributed by atoms with Crippen molar-refractivity contribution < 1.29 is 8.42 Å². The molecule has 17 heavy (non-hydrogen) atoms. The van der Waals surface area contributed by atoms with Crippen molar-refractivity contribution in [3.63, 3.8) is 0 Å². The van der Waals surface area contributed by atoms with Crippen molar-refractivity contribution in [2.24, 2.45) is 0 Å². The van der Waals surface area contributed by atoms with Crippen LogP contribution in [0.3, 0.4) is 0 Å². The first-order chi connectivity index (χ1) is 8.06. The van der Waals surface area contributed by atoms with Gasteiger partial charge >= 0.3 is 0 Å². The number of hydrogen-bond donors (Lipinski definition) is 2. The molecule has 0 unspecified atom stereocenters. The van der Waals surface area contributed by atoms with Crippen LogP contribution in [0.15, 0.2) is 29.2 Å². The number of terminal acetylenes is 1. The van der Waals surface area contributed by atoms with Crippen molar-refractivity contribution in [3.05, 3.63) is 24.3 Å². The van der Waals surface area contributed by atoms with Gasteiger partial charge in [-0.2, -0.15) is 0 Å². The number of nitrogens with one attached hydrogen (secondary N) is 1.